The van der Waals surface area contributed by atoms with Crippen molar-refractivity contribution >= 4 is 21.7 Å². The first-order valence-electron chi connectivity index (χ1n) is 5.10. The van der Waals surface area contributed by atoms with Crippen LogP contribution in [0.4, 0.5) is 0 Å². The molecule has 1 aliphatic rings. The Morgan fingerprint density at radius 3 is 2.73 bits per heavy atom. The average Bonchev–Trinajstić information content (AvgIpc) is 2.25. The van der Waals surface area contributed by atoms with Gasteiger partial charge in [-0.25, -0.2) is 0 Å². The molecule has 0 saturated carbocycles. The summed E-state index contributed by atoms with van der Waals surface area (Å²) in [5, 5.41) is 0. The Hall–Kier alpha value is -0.670. The van der Waals surface area contributed by atoms with Crippen molar-refractivity contribution in [1.29, 1.82) is 0 Å². The predicted molar refractivity (Wildman–Crippen MR) is 61.8 cm³/mol. The highest BCUT2D eigenvalue weighted by Crippen LogP contribution is 2.18. The van der Waals surface area contributed by atoms with Crippen molar-refractivity contribution in [3.8, 4) is 0 Å². The second-order valence-electron chi connectivity index (χ2n) is 3.82. The second kappa shape index (κ2) is 4.90. The number of hydrogen-bond acceptors (Lipinski definition) is 2. The highest BCUT2D eigenvalue weighted by molar-refractivity contribution is 9.10. The minimum Gasteiger partial charge on any atom is -0.380 e. The third-order valence-electron chi connectivity index (χ3n) is 2.66. The van der Waals surface area contributed by atoms with E-state index in [-0.39, 0.29) is 5.92 Å². The molecule has 0 bridgehead atoms. The topological polar surface area (TPSA) is 26.3 Å². The molecule has 15 heavy (non-hydrogen) atoms. The first kappa shape index (κ1) is 10.8. The molecule has 0 aliphatic carbocycles. The van der Waals surface area contributed by atoms with Crippen LogP contribution < -0.4 is 0 Å². The molecule has 1 aliphatic heterocycles. The molecule has 1 saturated heterocycles. The van der Waals surface area contributed by atoms with E-state index >= 15 is 0 Å². The molecule has 0 aromatic heterocycles. The third kappa shape index (κ3) is 2.89. The van der Waals surface area contributed by atoms with E-state index in [1.807, 2.05) is 24.3 Å². The second-order valence-corrected chi connectivity index (χ2v) is 4.73. The van der Waals surface area contributed by atoms with Gasteiger partial charge in [0.2, 0.25) is 0 Å². The van der Waals surface area contributed by atoms with Crippen LogP contribution in [0.25, 0.3) is 0 Å². The lowest BCUT2D eigenvalue weighted by atomic mass is 9.93. The van der Waals surface area contributed by atoms with Gasteiger partial charge in [-0.3, -0.25) is 4.79 Å². The summed E-state index contributed by atoms with van der Waals surface area (Å²) in [4.78, 5) is 11.6. The van der Waals surface area contributed by atoms with E-state index in [9.17, 15) is 4.79 Å². The quantitative estimate of drug-likeness (QED) is 0.824. The van der Waals surface area contributed by atoms with Gasteiger partial charge in [0.25, 0.3) is 0 Å². The maximum Gasteiger partial charge on any atom is 0.140 e. The van der Waals surface area contributed by atoms with Crippen molar-refractivity contribution in [2.24, 2.45) is 5.92 Å². The molecule has 1 heterocycles. The summed E-state index contributed by atoms with van der Waals surface area (Å²) in [5.41, 5.74) is 1.20. The standard InChI is InChI=1S/C12H13BrO2/c13-11-3-1-9(2-4-11)7-10-8-15-6-5-12(10)14/h1-4,10H,5-8H2. The Labute approximate surface area is 97.8 Å². The van der Waals surface area contributed by atoms with E-state index in [4.69, 9.17) is 4.74 Å². The molecule has 2 rings (SSSR count). The summed E-state index contributed by atoms with van der Waals surface area (Å²) in [6.07, 6.45) is 1.37. The minimum absolute atomic E-state index is 0.0555. The van der Waals surface area contributed by atoms with E-state index in [0.717, 1.165) is 10.9 Å². The van der Waals surface area contributed by atoms with Crippen molar-refractivity contribution in [3.63, 3.8) is 0 Å². The van der Waals surface area contributed by atoms with Crippen LogP contribution in [0.1, 0.15) is 12.0 Å². The largest absolute Gasteiger partial charge is 0.380 e. The van der Waals surface area contributed by atoms with Gasteiger partial charge in [0, 0.05) is 16.8 Å². The number of Topliss-reactive ketones (excluding diaryl/α,β-unsaturated/α-hetero) is 1. The van der Waals surface area contributed by atoms with Crippen LogP contribution in [0.15, 0.2) is 28.7 Å². The first-order chi connectivity index (χ1) is 7.25. The Balaban J connectivity index is 2.01. The van der Waals surface area contributed by atoms with Gasteiger partial charge in [-0.1, -0.05) is 28.1 Å². The number of halogens is 1. The molecule has 1 unspecified atom stereocenters. The zero-order valence-corrected chi connectivity index (χ0v) is 10.00. The fourth-order valence-electron chi connectivity index (χ4n) is 1.77. The lowest BCUT2D eigenvalue weighted by molar-refractivity contribution is -0.130. The summed E-state index contributed by atoms with van der Waals surface area (Å²) in [6.45, 7) is 1.17. The van der Waals surface area contributed by atoms with Crippen LogP contribution in [0.2, 0.25) is 0 Å². The molecular weight excluding hydrogens is 256 g/mol. The van der Waals surface area contributed by atoms with Crippen molar-refractivity contribution in [1.82, 2.24) is 0 Å². The summed E-state index contributed by atoms with van der Waals surface area (Å²) in [7, 11) is 0. The molecule has 0 amide bonds. The Morgan fingerprint density at radius 1 is 1.33 bits per heavy atom. The summed E-state index contributed by atoms with van der Waals surface area (Å²) in [5.74, 6) is 0.393. The monoisotopic (exact) mass is 268 g/mol. The van der Waals surface area contributed by atoms with Crippen LogP contribution in [-0.2, 0) is 16.0 Å². The summed E-state index contributed by atoms with van der Waals surface area (Å²) in [6, 6.07) is 8.10. The lowest BCUT2D eigenvalue weighted by Crippen LogP contribution is -2.29. The van der Waals surface area contributed by atoms with Crippen LogP contribution >= 0.6 is 15.9 Å². The van der Waals surface area contributed by atoms with E-state index in [0.29, 0.717) is 25.4 Å². The van der Waals surface area contributed by atoms with Gasteiger partial charge in [0.1, 0.15) is 5.78 Å². The Morgan fingerprint density at radius 2 is 2.07 bits per heavy atom. The fraction of sp³-hybridized carbons (Fsp3) is 0.417. The highest BCUT2D eigenvalue weighted by Gasteiger charge is 2.22. The predicted octanol–water partition coefficient (Wildman–Crippen LogP) is 2.60. The van der Waals surface area contributed by atoms with Gasteiger partial charge in [0.05, 0.1) is 13.2 Å². The van der Waals surface area contributed by atoms with Crippen molar-refractivity contribution in [2.75, 3.05) is 13.2 Å². The molecule has 0 N–H and O–H groups in total. The zero-order chi connectivity index (χ0) is 10.7. The third-order valence-corrected chi connectivity index (χ3v) is 3.19. The maximum absolute atomic E-state index is 11.6. The van der Waals surface area contributed by atoms with Crippen LogP contribution in [0, 0.1) is 5.92 Å². The molecule has 1 aromatic carbocycles. The molecular formula is C12H13BrO2. The number of carbonyl (C=O) groups is 1. The average molecular weight is 269 g/mol. The number of benzene rings is 1. The van der Waals surface area contributed by atoms with E-state index in [1.165, 1.54) is 5.56 Å². The molecule has 1 atom stereocenters. The SMILES string of the molecule is O=C1CCOCC1Cc1ccc(Br)cc1. The first-order valence-corrected chi connectivity index (χ1v) is 5.90. The van der Waals surface area contributed by atoms with Gasteiger partial charge in [-0.2, -0.15) is 0 Å². The highest BCUT2D eigenvalue weighted by atomic mass is 79.9. The number of ether oxygens (including phenoxy) is 1. The van der Waals surface area contributed by atoms with Gasteiger partial charge < -0.3 is 4.74 Å². The van der Waals surface area contributed by atoms with E-state index in [2.05, 4.69) is 15.9 Å². The summed E-state index contributed by atoms with van der Waals surface area (Å²) >= 11 is 3.39. The van der Waals surface area contributed by atoms with Crippen LogP contribution in [-0.4, -0.2) is 19.0 Å². The fourth-order valence-corrected chi connectivity index (χ4v) is 2.04. The molecule has 2 nitrogen and oxygen atoms in total. The van der Waals surface area contributed by atoms with Crippen LogP contribution in [0.5, 0.6) is 0 Å². The van der Waals surface area contributed by atoms with Gasteiger partial charge in [0.15, 0.2) is 0 Å². The molecule has 0 radical (unpaired) electrons. The number of hydrogen-bond donors (Lipinski definition) is 0. The molecule has 0 spiro atoms. The molecule has 1 aromatic rings. The summed E-state index contributed by atoms with van der Waals surface area (Å²) < 4.78 is 6.39. The Bertz CT molecular complexity index is 345. The smallest absolute Gasteiger partial charge is 0.140 e. The van der Waals surface area contributed by atoms with Gasteiger partial charge >= 0.3 is 0 Å². The molecule has 80 valence electrons. The number of carbonyl (C=O) groups excluding carboxylic acids is 1. The van der Waals surface area contributed by atoms with Gasteiger partial charge in [-0.15, -0.1) is 0 Å². The zero-order valence-electron chi connectivity index (χ0n) is 8.41. The normalized spacial score (nSPS) is 21.7. The van der Waals surface area contributed by atoms with E-state index < -0.39 is 0 Å². The molecule has 3 heteroatoms. The minimum atomic E-state index is 0.0555. The van der Waals surface area contributed by atoms with E-state index in [1.54, 1.807) is 0 Å². The number of rotatable bonds is 2. The maximum atomic E-state index is 11.6. The lowest BCUT2D eigenvalue weighted by Gasteiger charge is -2.20. The van der Waals surface area contributed by atoms with Gasteiger partial charge in [-0.05, 0) is 24.1 Å². The van der Waals surface area contributed by atoms with Crippen molar-refractivity contribution < 1.29 is 9.53 Å². The number of ketones is 1. The van der Waals surface area contributed by atoms with Crippen molar-refractivity contribution in [2.45, 2.75) is 12.8 Å². The Kier molecular flexibility index (Phi) is 3.54. The molecule has 1 fully saturated rings. The van der Waals surface area contributed by atoms with Crippen molar-refractivity contribution in [3.05, 3.63) is 34.3 Å². The van der Waals surface area contributed by atoms with Crippen LogP contribution in [0.3, 0.4) is 0 Å².